The van der Waals surface area contributed by atoms with E-state index in [4.69, 9.17) is 4.74 Å². The van der Waals surface area contributed by atoms with Crippen molar-refractivity contribution in [3.63, 3.8) is 0 Å². The van der Waals surface area contributed by atoms with Crippen molar-refractivity contribution in [2.45, 2.75) is 25.4 Å². The molecule has 3 rings (SSSR count). The molecule has 1 fully saturated rings. The molecule has 0 spiro atoms. The second-order valence-corrected chi connectivity index (χ2v) is 7.35. The first kappa shape index (κ1) is 19.2. The van der Waals surface area contributed by atoms with Gasteiger partial charge in [0, 0.05) is 37.3 Å². The summed E-state index contributed by atoms with van der Waals surface area (Å²) < 4.78 is 5.19. The van der Waals surface area contributed by atoms with Crippen LogP contribution in [0.5, 0.6) is 5.75 Å². The topological polar surface area (TPSA) is 32.8 Å². The van der Waals surface area contributed by atoms with E-state index < -0.39 is 0 Å². The second kappa shape index (κ2) is 8.40. The lowest BCUT2D eigenvalue weighted by molar-refractivity contribution is 0.00613. The molecular weight excluding hydrogens is 336 g/mol. The van der Waals surface area contributed by atoms with E-state index in [0.29, 0.717) is 12.1 Å². The average Bonchev–Trinajstić information content (AvgIpc) is 2.70. The lowest BCUT2D eigenvalue weighted by Gasteiger charge is -2.49. The lowest BCUT2D eigenvalue weighted by atomic mass is 9.91. The Morgan fingerprint density at radius 3 is 2.48 bits per heavy atom. The van der Waals surface area contributed by atoms with Crippen LogP contribution in [-0.2, 0) is 6.54 Å². The van der Waals surface area contributed by atoms with Gasteiger partial charge >= 0.3 is 0 Å². The molecule has 0 N–H and O–H groups in total. The molecule has 1 aliphatic rings. The first-order valence-corrected chi connectivity index (χ1v) is 9.39. The summed E-state index contributed by atoms with van der Waals surface area (Å²) in [7, 11) is 1.63. The SMILES string of the molecule is C=CC[C@@]1(C)CN(C(=O)c2ccc(OC)cc2)CCN1Cc1ccccc1. The highest BCUT2D eigenvalue weighted by Crippen LogP contribution is 2.28. The highest BCUT2D eigenvalue weighted by molar-refractivity contribution is 5.94. The second-order valence-electron chi connectivity index (χ2n) is 7.35. The number of piperazine rings is 1. The molecule has 0 radical (unpaired) electrons. The van der Waals surface area contributed by atoms with Gasteiger partial charge < -0.3 is 9.64 Å². The molecule has 1 heterocycles. The van der Waals surface area contributed by atoms with Crippen LogP contribution in [0.1, 0.15) is 29.3 Å². The highest BCUT2D eigenvalue weighted by Gasteiger charge is 2.38. The van der Waals surface area contributed by atoms with Gasteiger partial charge in [0.1, 0.15) is 5.75 Å². The predicted octanol–water partition coefficient (Wildman–Crippen LogP) is 3.99. The number of carbonyl (C=O) groups excluding carboxylic acids is 1. The van der Waals surface area contributed by atoms with Crippen molar-refractivity contribution >= 4 is 5.91 Å². The van der Waals surface area contributed by atoms with Crippen LogP contribution in [0, 0.1) is 0 Å². The predicted molar refractivity (Wildman–Crippen MR) is 109 cm³/mol. The van der Waals surface area contributed by atoms with Crippen LogP contribution in [-0.4, -0.2) is 48.0 Å². The Labute approximate surface area is 162 Å². The number of ether oxygens (including phenoxy) is 1. The van der Waals surface area contributed by atoms with Crippen molar-refractivity contribution in [2.24, 2.45) is 0 Å². The summed E-state index contributed by atoms with van der Waals surface area (Å²) in [5.74, 6) is 0.836. The van der Waals surface area contributed by atoms with Crippen LogP contribution in [0.3, 0.4) is 0 Å². The van der Waals surface area contributed by atoms with Crippen LogP contribution in [0.4, 0.5) is 0 Å². The molecule has 2 aromatic carbocycles. The fourth-order valence-electron chi connectivity index (χ4n) is 3.77. The Bertz CT molecular complexity index is 773. The first-order valence-electron chi connectivity index (χ1n) is 9.39. The summed E-state index contributed by atoms with van der Waals surface area (Å²) in [4.78, 5) is 17.4. The van der Waals surface area contributed by atoms with Gasteiger partial charge in [0.25, 0.3) is 5.91 Å². The molecule has 1 amide bonds. The van der Waals surface area contributed by atoms with Crippen LogP contribution in [0.2, 0.25) is 0 Å². The van der Waals surface area contributed by atoms with E-state index in [0.717, 1.165) is 31.8 Å². The minimum absolute atomic E-state index is 0.0762. The van der Waals surface area contributed by atoms with Crippen LogP contribution in [0.15, 0.2) is 67.3 Å². The number of methoxy groups -OCH3 is 1. The Kier molecular flexibility index (Phi) is 5.97. The average molecular weight is 364 g/mol. The van der Waals surface area contributed by atoms with E-state index in [9.17, 15) is 4.79 Å². The molecule has 1 saturated heterocycles. The summed E-state index contributed by atoms with van der Waals surface area (Å²) in [6.45, 7) is 9.32. The Balaban J connectivity index is 1.75. The van der Waals surface area contributed by atoms with Crippen LogP contribution in [0.25, 0.3) is 0 Å². The minimum Gasteiger partial charge on any atom is -0.497 e. The van der Waals surface area contributed by atoms with E-state index in [1.165, 1.54) is 5.56 Å². The summed E-state index contributed by atoms with van der Waals surface area (Å²) in [6, 6.07) is 17.8. The third kappa shape index (κ3) is 4.40. The van der Waals surface area contributed by atoms with E-state index in [-0.39, 0.29) is 11.4 Å². The zero-order chi connectivity index (χ0) is 19.3. The molecule has 1 aliphatic heterocycles. The van der Waals surface area contributed by atoms with Gasteiger partial charge in [0.05, 0.1) is 7.11 Å². The van der Waals surface area contributed by atoms with Crippen LogP contribution < -0.4 is 4.74 Å². The molecule has 0 aromatic heterocycles. The Morgan fingerprint density at radius 2 is 1.85 bits per heavy atom. The van der Waals surface area contributed by atoms with E-state index in [2.05, 4.69) is 42.7 Å². The van der Waals surface area contributed by atoms with Gasteiger partial charge in [0.15, 0.2) is 0 Å². The van der Waals surface area contributed by atoms with Gasteiger partial charge in [0.2, 0.25) is 0 Å². The van der Waals surface area contributed by atoms with Crippen molar-refractivity contribution in [1.29, 1.82) is 0 Å². The van der Waals surface area contributed by atoms with Gasteiger partial charge in [-0.3, -0.25) is 9.69 Å². The molecule has 2 aromatic rings. The zero-order valence-corrected chi connectivity index (χ0v) is 16.2. The zero-order valence-electron chi connectivity index (χ0n) is 16.2. The lowest BCUT2D eigenvalue weighted by Crippen LogP contribution is -2.61. The van der Waals surface area contributed by atoms with Crippen molar-refractivity contribution < 1.29 is 9.53 Å². The largest absolute Gasteiger partial charge is 0.497 e. The van der Waals surface area contributed by atoms with Crippen molar-refractivity contribution in [1.82, 2.24) is 9.80 Å². The standard InChI is InChI=1S/C23H28N2O2/c1-4-14-23(2)18-24(22(26)20-10-12-21(27-3)13-11-20)15-16-25(23)17-19-8-6-5-7-9-19/h4-13H,1,14-18H2,2-3H3/t23-/m0/s1. The number of hydrogen-bond donors (Lipinski definition) is 0. The molecule has 0 saturated carbocycles. The monoisotopic (exact) mass is 364 g/mol. The van der Waals surface area contributed by atoms with E-state index in [1.54, 1.807) is 7.11 Å². The third-order valence-corrected chi connectivity index (χ3v) is 5.36. The molecule has 0 bridgehead atoms. The van der Waals surface area contributed by atoms with E-state index in [1.807, 2.05) is 41.3 Å². The number of amides is 1. The van der Waals surface area contributed by atoms with Gasteiger partial charge in [-0.25, -0.2) is 0 Å². The van der Waals surface area contributed by atoms with Crippen molar-refractivity contribution in [2.75, 3.05) is 26.7 Å². The van der Waals surface area contributed by atoms with Crippen LogP contribution >= 0.6 is 0 Å². The smallest absolute Gasteiger partial charge is 0.253 e. The van der Waals surface area contributed by atoms with Gasteiger partial charge in [-0.2, -0.15) is 0 Å². The maximum absolute atomic E-state index is 13.0. The molecule has 27 heavy (non-hydrogen) atoms. The normalized spacial score (nSPS) is 20.3. The van der Waals surface area contributed by atoms with Gasteiger partial charge in [-0.1, -0.05) is 36.4 Å². The first-order chi connectivity index (χ1) is 13.1. The summed E-state index contributed by atoms with van der Waals surface area (Å²) >= 11 is 0. The molecule has 4 heteroatoms. The molecule has 1 atom stereocenters. The summed E-state index contributed by atoms with van der Waals surface area (Å²) in [6.07, 6.45) is 2.80. The fraction of sp³-hybridized carbons (Fsp3) is 0.348. The minimum atomic E-state index is -0.127. The molecule has 0 aliphatic carbocycles. The number of benzene rings is 2. The molecular formula is C23H28N2O2. The molecule has 4 nitrogen and oxygen atoms in total. The van der Waals surface area contributed by atoms with Gasteiger partial charge in [-0.05, 0) is 43.2 Å². The number of nitrogens with zero attached hydrogens (tertiary/aromatic N) is 2. The fourth-order valence-corrected chi connectivity index (χ4v) is 3.77. The number of rotatable bonds is 6. The van der Waals surface area contributed by atoms with Crippen molar-refractivity contribution in [3.8, 4) is 5.75 Å². The van der Waals surface area contributed by atoms with Crippen molar-refractivity contribution in [3.05, 3.63) is 78.4 Å². The Morgan fingerprint density at radius 1 is 1.15 bits per heavy atom. The third-order valence-electron chi connectivity index (χ3n) is 5.36. The maximum Gasteiger partial charge on any atom is 0.253 e. The summed E-state index contributed by atoms with van der Waals surface area (Å²) in [5, 5.41) is 0. The highest BCUT2D eigenvalue weighted by atomic mass is 16.5. The van der Waals surface area contributed by atoms with E-state index >= 15 is 0 Å². The molecule has 0 unspecified atom stereocenters. The number of carbonyl (C=O) groups is 1. The quantitative estimate of drug-likeness (QED) is 0.727. The van der Waals surface area contributed by atoms with Gasteiger partial charge in [-0.15, -0.1) is 6.58 Å². The maximum atomic E-state index is 13.0. The summed E-state index contributed by atoms with van der Waals surface area (Å²) in [5.41, 5.74) is 1.87. The Hall–Kier alpha value is -2.59. The molecule has 142 valence electrons. The number of hydrogen-bond acceptors (Lipinski definition) is 3.